The number of carbonyl (C=O) groups is 1. The number of hydrogen-bond acceptors (Lipinski definition) is 5. The number of nitrogens with zero attached hydrogens (tertiary/aromatic N) is 1. The number of thioether (sulfide) groups is 1. The third-order valence-corrected chi connectivity index (χ3v) is 5.65. The number of benzene rings is 2. The summed E-state index contributed by atoms with van der Waals surface area (Å²) in [6.07, 6.45) is 0. The summed E-state index contributed by atoms with van der Waals surface area (Å²) in [6.45, 7) is 9.20. The van der Waals surface area contributed by atoms with Crippen molar-refractivity contribution in [1.82, 2.24) is 4.90 Å². The molecule has 0 heterocycles. The second-order valence-electron chi connectivity index (χ2n) is 6.42. The molecule has 1 N–H and O–H groups in total. The van der Waals surface area contributed by atoms with Gasteiger partial charge in [-0.3, -0.25) is 9.69 Å². The van der Waals surface area contributed by atoms with E-state index in [0.717, 1.165) is 30.2 Å². The van der Waals surface area contributed by atoms with E-state index in [1.807, 2.05) is 37.3 Å². The van der Waals surface area contributed by atoms with Gasteiger partial charge in [-0.05, 0) is 55.9 Å². The molecule has 1 amide bonds. The summed E-state index contributed by atoms with van der Waals surface area (Å²) >= 11 is 1.48. The summed E-state index contributed by atoms with van der Waals surface area (Å²) in [6, 6.07) is 13.7. The number of hydrogen-bond donors (Lipinski definition) is 1. The highest BCUT2D eigenvalue weighted by Crippen LogP contribution is 2.33. The molecule has 0 bridgehead atoms. The van der Waals surface area contributed by atoms with Gasteiger partial charge in [-0.25, -0.2) is 0 Å². The van der Waals surface area contributed by atoms with Crippen molar-refractivity contribution in [2.45, 2.75) is 37.5 Å². The number of anilines is 1. The molecule has 1 atom stereocenters. The van der Waals surface area contributed by atoms with Crippen LogP contribution in [0.1, 0.15) is 26.3 Å². The van der Waals surface area contributed by atoms with Gasteiger partial charge in [0.05, 0.1) is 19.5 Å². The molecule has 2 aromatic rings. The molecule has 28 heavy (non-hydrogen) atoms. The second kappa shape index (κ2) is 11.0. The monoisotopic (exact) mass is 402 g/mol. The van der Waals surface area contributed by atoms with Gasteiger partial charge in [-0.2, -0.15) is 0 Å². The lowest BCUT2D eigenvalue weighted by molar-refractivity contribution is -0.115. The molecular formula is C22H30N2O3S. The van der Waals surface area contributed by atoms with E-state index in [9.17, 15) is 4.79 Å². The minimum Gasteiger partial charge on any atom is -0.493 e. The maximum Gasteiger partial charge on any atom is 0.237 e. The van der Waals surface area contributed by atoms with Crippen LogP contribution in [0.25, 0.3) is 0 Å². The fourth-order valence-corrected chi connectivity index (χ4v) is 3.69. The number of amides is 1. The Hall–Kier alpha value is -2.18. The van der Waals surface area contributed by atoms with Gasteiger partial charge in [0, 0.05) is 17.1 Å². The van der Waals surface area contributed by atoms with Crippen molar-refractivity contribution in [3.05, 3.63) is 48.0 Å². The van der Waals surface area contributed by atoms with Crippen LogP contribution in [0.5, 0.6) is 11.5 Å². The van der Waals surface area contributed by atoms with E-state index >= 15 is 0 Å². The first-order chi connectivity index (χ1) is 13.5. The van der Waals surface area contributed by atoms with E-state index in [1.165, 1.54) is 17.3 Å². The Morgan fingerprint density at radius 2 is 1.68 bits per heavy atom. The Bertz CT molecular complexity index is 761. The predicted molar refractivity (Wildman–Crippen MR) is 117 cm³/mol. The Balaban J connectivity index is 1.95. The van der Waals surface area contributed by atoms with Crippen LogP contribution in [0, 0.1) is 0 Å². The SMILES string of the molecule is CCN(CC)Cc1ccc(NC(=O)[C@H](C)Sc2ccc(OC)c(OC)c2)cc1. The van der Waals surface area contributed by atoms with Crippen LogP contribution < -0.4 is 14.8 Å². The average Bonchev–Trinajstić information content (AvgIpc) is 2.72. The molecule has 0 saturated carbocycles. The van der Waals surface area contributed by atoms with Crippen LogP contribution in [0.2, 0.25) is 0 Å². The summed E-state index contributed by atoms with van der Waals surface area (Å²) in [5.74, 6) is 1.30. The van der Waals surface area contributed by atoms with Gasteiger partial charge in [0.2, 0.25) is 5.91 Å². The fourth-order valence-electron chi connectivity index (χ4n) is 2.79. The van der Waals surface area contributed by atoms with E-state index in [1.54, 1.807) is 14.2 Å². The molecule has 2 aromatic carbocycles. The summed E-state index contributed by atoms with van der Waals surface area (Å²) in [5.41, 5.74) is 2.06. The predicted octanol–water partition coefficient (Wildman–Crippen LogP) is 4.66. The van der Waals surface area contributed by atoms with E-state index in [0.29, 0.717) is 11.5 Å². The first-order valence-corrected chi connectivity index (χ1v) is 10.4. The lowest BCUT2D eigenvalue weighted by atomic mass is 10.2. The lowest BCUT2D eigenvalue weighted by Crippen LogP contribution is -2.23. The first-order valence-electron chi connectivity index (χ1n) is 9.51. The van der Waals surface area contributed by atoms with E-state index < -0.39 is 0 Å². The van der Waals surface area contributed by atoms with Crippen LogP contribution in [0.15, 0.2) is 47.4 Å². The average molecular weight is 403 g/mol. The summed E-state index contributed by atoms with van der Waals surface area (Å²) in [7, 11) is 3.21. The Labute approximate surface area is 172 Å². The van der Waals surface area contributed by atoms with Crippen molar-refractivity contribution in [3.8, 4) is 11.5 Å². The zero-order chi connectivity index (χ0) is 20.5. The van der Waals surface area contributed by atoms with Crippen molar-refractivity contribution in [2.75, 3.05) is 32.6 Å². The fraction of sp³-hybridized carbons (Fsp3) is 0.409. The van der Waals surface area contributed by atoms with Gasteiger partial charge in [0.1, 0.15) is 0 Å². The molecule has 0 aliphatic heterocycles. The number of methoxy groups -OCH3 is 2. The Morgan fingerprint density at radius 1 is 1.04 bits per heavy atom. The third-order valence-electron chi connectivity index (χ3n) is 4.56. The van der Waals surface area contributed by atoms with Gasteiger partial charge < -0.3 is 14.8 Å². The molecule has 0 saturated heterocycles. The third kappa shape index (κ3) is 6.17. The van der Waals surface area contributed by atoms with E-state index in [2.05, 4.69) is 36.2 Å². The zero-order valence-electron chi connectivity index (χ0n) is 17.3. The zero-order valence-corrected chi connectivity index (χ0v) is 18.1. The highest BCUT2D eigenvalue weighted by Gasteiger charge is 2.16. The molecule has 152 valence electrons. The number of ether oxygens (including phenoxy) is 2. The van der Waals surface area contributed by atoms with Crippen LogP contribution in [-0.2, 0) is 11.3 Å². The minimum atomic E-state index is -0.242. The van der Waals surface area contributed by atoms with Crippen molar-refractivity contribution in [2.24, 2.45) is 0 Å². The van der Waals surface area contributed by atoms with E-state index in [4.69, 9.17) is 9.47 Å². The first kappa shape index (κ1) is 22.1. The smallest absolute Gasteiger partial charge is 0.237 e. The second-order valence-corrected chi connectivity index (χ2v) is 7.84. The van der Waals surface area contributed by atoms with Crippen molar-refractivity contribution in [1.29, 1.82) is 0 Å². The highest BCUT2D eigenvalue weighted by atomic mass is 32.2. The Morgan fingerprint density at radius 3 is 2.25 bits per heavy atom. The maximum atomic E-state index is 12.6. The summed E-state index contributed by atoms with van der Waals surface area (Å²) < 4.78 is 10.6. The lowest BCUT2D eigenvalue weighted by Gasteiger charge is -2.18. The minimum absolute atomic E-state index is 0.0312. The van der Waals surface area contributed by atoms with Gasteiger partial charge in [0.25, 0.3) is 0 Å². The van der Waals surface area contributed by atoms with Crippen LogP contribution in [0.4, 0.5) is 5.69 Å². The molecule has 5 nitrogen and oxygen atoms in total. The molecule has 0 spiro atoms. The van der Waals surface area contributed by atoms with Gasteiger partial charge in [-0.15, -0.1) is 11.8 Å². The Kier molecular flexibility index (Phi) is 8.67. The van der Waals surface area contributed by atoms with Crippen molar-refractivity contribution < 1.29 is 14.3 Å². The molecule has 6 heteroatoms. The van der Waals surface area contributed by atoms with Crippen LogP contribution in [-0.4, -0.2) is 43.4 Å². The maximum absolute atomic E-state index is 12.6. The molecule has 0 fully saturated rings. The molecule has 0 radical (unpaired) electrons. The van der Waals surface area contributed by atoms with Crippen molar-refractivity contribution in [3.63, 3.8) is 0 Å². The highest BCUT2D eigenvalue weighted by molar-refractivity contribution is 8.00. The molecule has 0 aromatic heterocycles. The van der Waals surface area contributed by atoms with E-state index in [-0.39, 0.29) is 11.2 Å². The van der Waals surface area contributed by atoms with Crippen LogP contribution in [0.3, 0.4) is 0 Å². The summed E-state index contributed by atoms with van der Waals surface area (Å²) in [5, 5.41) is 2.75. The van der Waals surface area contributed by atoms with Gasteiger partial charge in [-0.1, -0.05) is 26.0 Å². The largest absolute Gasteiger partial charge is 0.493 e. The molecule has 2 rings (SSSR count). The number of carbonyl (C=O) groups excluding carboxylic acids is 1. The molecule has 0 aliphatic rings. The molecular weight excluding hydrogens is 372 g/mol. The topological polar surface area (TPSA) is 50.8 Å². The number of nitrogens with one attached hydrogen (secondary N) is 1. The normalized spacial score (nSPS) is 11.9. The molecule has 0 aliphatic carbocycles. The van der Waals surface area contributed by atoms with Gasteiger partial charge >= 0.3 is 0 Å². The quantitative estimate of drug-likeness (QED) is 0.586. The summed E-state index contributed by atoms with van der Waals surface area (Å²) in [4.78, 5) is 15.9. The van der Waals surface area contributed by atoms with Gasteiger partial charge in [0.15, 0.2) is 11.5 Å². The number of rotatable bonds is 10. The van der Waals surface area contributed by atoms with Crippen LogP contribution >= 0.6 is 11.8 Å². The van der Waals surface area contributed by atoms with Crippen molar-refractivity contribution >= 4 is 23.4 Å². The standard InChI is InChI=1S/C22H30N2O3S/c1-6-24(7-2)15-17-8-10-18(11-9-17)23-22(25)16(3)28-19-12-13-20(26-4)21(14-19)27-5/h8-14,16H,6-7,15H2,1-5H3,(H,23,25)/t16-/m0/s1. The molecule has 0 unspecified atom stereocenters.